The highest BCUT2D eigenvalue weighted by Gasteiger charge is 2.39. The second kappa shape index (κ2) is 8.26. The number of hydrogen-bond donors (Lipinski definition) is 0. The van der Waals surface area contributed by atoms with E-state index in [0.717, 1.165) is 19.6 Å². The van der Waals surface area contributed by atoms with Gasteiger partial charge in [0, 0.05) is 25.6 Å². The molecule has 0 N–H and O–H groups in total. The lowest BCUT2D eigenvalue weighted by Crippen LogP contribution is -2.25. The summed E-state index contributed by atoms with van der Waals surface area (Å²) in [5, 5.41) is 0. The third kappa shape index (κ3) is 4.78. The molecule has 0 bridgehead atoms. The zero-order chi connectivity index (χ0) is 19.4. The molecule has 0 saturated carbocycles. The topological polar surface area (TPSA) is 29.5 Å². The summed E-state index contributed by atoms with van der Waals surface area (Å²) in [6.07, 6.45) is 0. The molecule has 3 heteroatoms. The molecule has 3 nitrogen and oxygen atoms in total. The van der Waals surface area contributed by atoms with Crippen LogP contribution in [0.5, 0.6) is 0 Å². The van der Waals surface area contributed by atoms with E-state index in [1.54, 1.807) is 0 Å². The highest BCUT2D eigenvalue weighted by Crippen LogP contribution is 2.35. The van der Waals surface area contributed by atoms with Gasteiger partial charge in [-0.3, -0.25) is 9.69 Å². The summed E-state index contributed by atoms with van der Waals surface area (Å²) in [6.45, 7) is 11.5. The average molecular weight is 366 g/mol. The van der Waals surface area contributed by atoms with Gasteiger partial charge >= 0.3 is 5.97 Å². The van der Waals surface area contributed by atoms with Crippen molar-refractivity contribution < 1.29 is 9.53 Å². The van der Waals surface area contributed by atoms with Crippen molar-refractivity contribution in [1.29, 1.82) is 0 Å². The number of esters is 1. The van der Waals surface area contributed by atoms with Gasteiger partial charge in [-0.2, -0.15) is 0 Å². The third-order valence-corrected chi connectivity index (χ3v) is 5.44. The number of carbonyl (C=O) groups is 1. The lowest BCUT2D eigenvalue weighted by Gasteiger charge is -2.22. The van der Waals surface area contributed by atoms with E-state index < -0.39 is 0 Å². The van der Waals surface area contributed by atoms with Gasteiger partial charge in [-0.05, 0) is 29.0 Å². The highest BCUT2D eigenvalue weighted by molar-refractivity contribution is 5.74. The van der Waals surface area contributed by atoms with Crippen LogP contribution in [0.25, 0.3) is 0 Å². The van der Waals surface area contributed by atoms with Crippen molar-refractivity contribution >= 4 is 5.97 Å². The van der Waals surface area contributed by atoms with E-state index in [-0.39, 0.29) is 23.2 Å². The third-order valence-electron chi connectivity index (χ3n) is 5.44. The van der Waals surface area contributed by atoms with Gasteiger partial charge in [-0.1, -0.05) is 75.4 Å². The molecular formula is C24H31NO2. The van der Waals surface area contributed by atoms with Crippen molar-refractivity contribution in [2.24, 2.45) is 5.92 Å². The van der Waals surface area contributed by atoms with Crippen molar-refractivity contribution in [3.8, 4) is 0 Å². The lowest BCUT2D eigenvalue weighted by atomic mass is 9.83. The molecule has 27 heavy (non-hydrogen) atoms. The SMILES string of the molecule is CCOC(=O)[C@H]1CN(Cc2ccccc2)C[C@@H]1c1ccc(C(C)(C)C)cc1. The minimum Gasteiger partial charge on any atom is -0.466 e. The first-order valence-electron chi connectivity index (χ1n) is 9.92. The molecule has 1 heterocycles. The Hall–Kier alpha value is -2.13. The Morgan fingerprint density at radius 3 is 2.30 bits per heavy atom. The number of benzene rings is 2. The molecule has 0 radical (unpaired) electrons. The van der Waals surface area contributed by atoms with Crippen molar-refractivity contribution in [2.75, 3.05) is 19.7 Å². The quantitative estimate of drug-likeness (QED) is 0.715. The fourth-order valence-corrected chi connectivity index (χ4v) is 3.91. The number of likely N-dealkylation sites (tertiary alicyclic amines) is 1. The number of nitrogens with zero attached hydrogens (tertiary/aromatic N) is 1. The van der Waals surface area contributed by atoms with E-state index in [0.29, 0.717) is 6.61 Å². The Balaban J connectivity index is 1.80. The minimum absolute atomic E-state index is 0.0713. The lowest BCUT2D eigenvalue weighted by molar-refractivity contribution is -0.148. The van der Waals surface area contributed by atoms with Crippen LogP contribution in [0.2, 0.25) is 0 Å². The van der Waals surface area contributed by atoms with Crippen LogP contribution in [0.1, 0.15) is 50.3 Å². The maximum Gasteiger partial charge on any atom is 0.310 e. The zero-order valence-corrected chi connectivity index (χ0v) is 16.9. The molecule has 0 aliphatic carbocycles. The molecule has 1 aliphatic heterocycles. The Bertz CT molecular complexity index is 746. The van der Waals surface area contributed by atoms with Gasteiger partial charge in [0.25, 0.3) is 0 Å². The van der Waals surface area contributed by atoms with Crippen molar-refractivity contribution in [3.63, 3.8) is 0 Å². The zero-order valence-electron chi connectivity index (χ0n) is 16.9. The van der Waals surface area contributed by atoms with Gasteiger partial charge in [-0.25, -0.2) is 0 Å². The van der Waals surface area contributed by atoms with Gasteiger partial charge in [0.05, 0.1) is 12.5 Å². The summed E-state index contributed by atoms with van der Waals surface area (Å²) in [6, 6.07) is 19.3. The van der Waals surface area contributed by atoms with Crippen molar-refractivity contribution in [1.82, 2.24) is 4.90 Å². The van der Waals surface area contributed by atoms with Crippen molar-refractivity contribution in [2.45, 2.75) is 45.6 Å². The van der Waals surface area contributed by atoms with Crippen LogP contribution < -0.4 is 0 Å². The first-order chi connectivity index (χ1) is 12.9. The predicted molar refractivity (Wildman–Crippen MR) is 110 cm³/mol. The fourth-order valence-electron chi connectivity index (χ4n) is 3.91. The Morgan fingerprint density at radius 2 is 1.70 bits per heavy atom. The standard InChI is InChI=1S/C24H31NO2/c1-5-27-23(26)22-17-25(15-18-9-7-6-8-10-18)16-21(22)19-11-13-20(14-12-19)24(2,3)4/h6-14,21-22H,5,15-17H2,1-4H3/t21-,22+/m1/s1. The van der Waals surface area contributed by atoms with E-state index in [1.165, 1.54) is 16.7 Å². The summed E-state index contributed by atoms with van der Waals surface area (Å²) in [4.78, 5) is 15.0. The maximum absolute atomic E-state index is 12.6. The fraction of sp³-hybridized carbons (Fsp3) is 0.458. The molecule has 0 spiro atoms. The average Bonchev–Trinajstić information content (AvgIpc) is 3.06. The minimum atomic E-state index is -0.103. The Labute approximate surface area is 163 Å². The molecule has 0 aromatic heterocycles. The van der Waals surface area contributed by atoms with E-state index in [4.69, 9.17) is 4.74 Å². The monoisotopic (exact) mass is 365 g/mol. The Kier molecular flexibility index (Phi) is 6.01. The highest BCUT2D eigenvalue weighted by atomic mass is 16.5. The summed E-state index contributed by atoms with van der Waals surface area (Å²) >= 11 is 0. The van der Waals surface area contributed by atoms with Crippen LogP contribution in [0.4, 0.5) is 0 Å². The molecule has 3 rings (SSSR count). The first-order valence-corrected chi connectivity index (χ1v) is 9.92. The molecule has 144 valence electrons. The maximum atomic E-state index is 12.6. The number of carbonyl (C=O) groups excluding carboxylic acids is 1. The second-order valence-electron chi connectivity index (χ2n) is 8.52. The smallest absolute Gasteiger partial charge is 0.310 e. The molecular weight excluding hydrogens is 334 g/mol. The molecule has 2 aromatic rings. The van der Waals surface area contributed by atoms with Crippen LogP contribution >= 0.6 is 0 Å². The molecule has 2 atom stereocenters. The van der Waals surface area contributed by atoms with E-state index in [2.05, 4.69) is 74.2 Å². The van der Waals surface area contributed by atoms with Crippen LogP contribution in [0.15, 0.2) is 54.6 Å². The molecule has 0 unspecified atom stereocenters. The van der Waals surface area contributed by atoms with Crippen molar-refractivity contribution in [3.05, 3.63) is 71.3 Å². The summed E-state index contributed by atoms with van der Waals surface area (Å²) < 4.78 is 5.39. The number of ether oxygens (including phenoxy) is 1. The summed E-state index contributed by atoms with van der Waals surface area (Å²) in [7, 11) is 0. The van der Waals surface area contributed by atoms with E-state index in [9.17, 15) is 4.79 Å². The van der Waals surface area contributed by atoms with Crippen LogP contribution in [0.3, 0.4) is 0 Å². The number of rotatable bonds is 5. The Morgan fingerprint density at radius 1 is 1.04 bits per heavy atom. The van der Waals surface area contributed by atoms with Crippen LogP contribution in [-0.4, -0.2) is 30.6 Å². The number of hydrogen-bond acceptors (Lipinski definition) is 3. The molecule has 1 saturated heterocycles. The normalized spacial score (nSPS) is 20.6. The molecule has 1 aliphatic rings. The first kappa shape index (κ1) is 19.6. The van der Waals surface area contributed by atoms with Gasteiger partial charge in [0.15, 0.2) is 0 Å². The summed E-state index contributed by atoms with van der Waals surface area (Å²) in [5.74, 6) is 0.00823. The van der Waals surface area contributed by atoms with Crippen LogP contribution in [0, 0.1) is 5.92 Å². The second-order valence-corrected chi connectivity index (χ2v) is 8.52. The molecule has 0 amide bonds. The van der Waals surface area contributed by atoms with Crippen LogP contribution in [-0.2, 0) is 21.5 Å². The van der Waals surface area contributed by atoms with E-state index >= 15 is 0 Å². The molecule has 2 aromatic carbocycles. The largest absolute Gasteiger partial charge is 0.466 e. The van der Waals surface area contributed by atoms with Gasteiger partial charge in [0.2, 0.25) is 0 Å². The van der Waals surface area contributed by atoms with E-state index in [1.807, 2.05) is 13.0 Å². The van der Waals surface area contributed by atoms with Gasteiger partial charge in [-0.15, -0.1) is 0 Å². The molecule has 1 fully saturated rings. The predicted octanol–water partition coefficient (Wildman–Crippen LogP) is 4.76. The van der Waals surface area contributed by atoms with Gasteiger partial charge < -0.3 is 4.74 Å². The summed E-state index contributed by atoms with van der Waals surface area (Å²) in [5.41, 5.74) is 3.96. The van der Waals surface area contributed by atoms with Gasteiger partial charge in [0.1, 0.15) is 0 Å².